The molecule has 0 spiro atoms. The molecule has 1 fully saturated rings. The predicted molar refractivity (Wildman–Crippen MR) is 75.3 cm³/mol. The summed E-state index contributed by atoms with van der Waals surface area (Å²) in [4.78, 5) is 6.86. The van der Waals surface area contributed by atoms with Crippen LogP contribution in [0.5, 0.6) is 0 Å². The first-order chi connectivity index (χ1) is 8.34. The van der Waals surface area contributed by atoms with Gasteiger partial charge in [0.15, 0.2) is 0 Å². The summed E-state index contributed by atoms with van der Waals surface area (Å²) in [7, 11) is 0. The molecule has 0 saturated carbocycles. The first kappa shape index (κ1) is 12.8. The maximum Gasteiger partial charge on any atom is 0.126 e. The Labute approximate surface area is 112 Å². The molecule has 0 aliphatic carbocycles. The van der Waals surface area contributed by atoms with Gasteiger partial charge in [-0.15, -0.1) is 0 Å². The number of hydrogen-bond acceptors (Lipinski definition) is 3. The van der Waals surface area contributed by atoms with E-state index in [2.05, 4.69) is 31.1 Å². The van der Waals surface area contributed by atoms with E-state index in [9.17, 15) is 0 Å². The fourth-order valence-corrected chi connectivity index (χ4v) is 2.42. The van der Waals surface area contributed by atoms with Gasteiger partial charge in [0.1, 0.15) is 5.82 Å². The average molecular weight is 298 g/mol. The summed E-state index contributed by atoms with van der Waals surface area (Å²) in [5.74, 6) is 0.961. The Morgan fingerprint density at radius 1 is 1.18 bits per heavy atom. The number of rotatable bonds is 4. The maximum absolute atomic E-state index is 4.30. The Balaban J connectivity index is 1.69. The maximum atomic E-state index is 4.30. The molecule has 4 heteroatoms. The van der Waals surface area contributed by atoms with Gasteiger partial charge in [-0.1, -0.05) is 12.8 Å². The molecule has 0 atom stereocenters. The summed E-state index contributed by atoms with van der Waals surface area (Å²) < 4.78 is 1.02. The monoisotopic (exact) mass is 297 g/mol. The molecule has 0 bridgehead atoms. The van der Waals surface area contributed by atoms with E-state index in [1.54, 1.807) is 0 Å². The van der Waals surface area contributed by atoms with E-state index < -0.39 is 0 Å². The molecule has 1 aromatic rings. The van der Waals surface area contributed by atoms with Crippen LogP contribution in [0.3, 0.4) is 0 Å². The Hall–Kier alpha value is -0.610. The SMILES string of the molecule is Brc1ccc(NCCN2CCCCCC2)nc1. The number of aromatic nitrogens is 1. The van der Waals surface area contributed by atoms with E-state index in [0.717, 1.165) is 23.4 Å². The summed E-state index contributed by atoms with van der Waals surface area (Å²) in [5.41, 5.74) is 0. The smallest absolute Gasteiger partial charge is 0.126 e. The third-order valence-corrected chi connectivity index (χ3v) is 3.63. The first-order valence-electron chi connectivity index (χ1n) is 6.42. The van der Waals surface area contributed by atoms with Crippen molar-refractivity contribution in [1.82, 2.24) is 9.88 Å². The molecule has 0 aromatic carbocycles. The molecule has 2 heterocycles. The summed E-state index contributed by atoms with van der Waals surface area (Å²) in [6.45, 7) is 4.62. The zero-order valence-electron chi connectivity index (χ0n) is 10.2. The highest BCUT2D eigenvalue weighted by atomic mass is 79.9. The van der Waals surface area contributed by atoms with E-state index in [1.807, 2.05) is 18.3 Å². The van der Waals surface area contributed by atoms with Crippen LogP contribution < -0.4 is 5.32 Å². The molecule has 17 heavy (non-hydrogen) atoms. The highest BCUT2D eigenvalue weighted by molar-refractivity contribution is 9.10. The van der Waals surface area contributed by atoms with E-state index >= 15 is 0 Å². The quantitative estimate of drug-likeness (QED) is 0.925. The second kappa shape index (κ2) is 6.97. The number of halogens is 1. The lowest BCUT2D eigenvalue weighted by Gasteiger charge is -2.19. The summed E-state index contributed by atoms with van der Waals surface area (Å²) in [6, 6.07) is 4.02. The van der Waals surface area contributed by atoms with Gasteiger partial charge in [0.2, 0.25) is 0 Å². The van der Waals surface area contributed by atoms with Crippen molar-refractivity contribution in [2.45, 2.75) is 25.7 Å². The molecular formula is C13H20BrN3. The molecule has 3 nitrogen and oxygen atoms in total. The van der Waals surface area contributed by atoms with Gasteiger partial charge >= 0.3 is 0 Å². The zero-order valence-corrected chi connectivity index (χ0v) is 11.7. The summed E-state index contributed by atoms with van der Waals surface area (Å²) >= 11 is 3.39. The van der Waals surface area contributed by atoms with Gasteiger partial charge in [-0.25, -0.2) is 4.98 Å². The Morgan fingerprint density at radius 2 is 1.94 bits per heavy atom. The second-order valence-electron chi connectivity index (χ2n) is 4.54. The molecule has 1 saturated heterocycles. The molecule has 0 unspecified atom stereocenters. The normalized spacial score (nSPS) is 17.7. The minimum atomic E-state index is 0.961. The molecule has 1 aromatic heterocycles. The van der Waals surface area contributed by atoms with Crippen LogP contribution >= 0.6 is 15.9 Å². The lowest BCUT2D eigenvalue weighted by atomic mass is 10.2. The topological polar surface area (TPSA) is 28.2 Å². The van der Waals surface area contributed by atoms with Crippen molar-refractivity contribution in [2.75, 3.05) is 31.5 Å². The van der Waals surface area contributed by atoms with Crippen LogP contribution in [0.25, 0.3) is 0 Å². The molecule has 0 amide bonds. The minimum Gasteiger partial charge on any atom is -0.369 e. The average Bonchev–Trinajstić information content (AvgIpc) is 2.60. The van der Waals surface area contributed by atoms with Gasteiger partial charge in [0.25, 0.3) is 0 Å². The molecule has 1 aliphatic heterocycles. The third kappa shape index (κ3) is 4.64. The van der Waals surface area contributed by atoms with Gasteiger partial charge in [-0.05, 0) is 54.0 Å². The van der Waals surface area contributed by atoms with Crippen molar-refractivity contribution in [2.24, 2.45) is 0 Å². The van der Waals surface area contributed by atoms with Crippen molar-refractivity contribution in [3.8, 4) is 0 Å². The van der Waals surface area contributed by atoms with E-state index in [-0.39, 0.29) is 0 Å². The van der Waals surface area contributed by atoms with Crippen molar-refractivity contribution < 1.29 is 0 Å². The lowest BCUT2D eigenvalue weighted by Crippen LogP contribution is -2.30. The minimum absolute atomic E-state index is 0.961. The Kier molecular flexibility index (Phi) is 5.26. The number of anilines is 1. The van der Waals surface area contributed by atoms with Crippen molar-refractivity contribution in [3.63, 3.8) is 0 Å². The lowest BCUT2D eigenvalue weighted by molar-refractivity contribution is 0.296. The van der Waals surface area contributed by atoms with Crippen LogP contribution in [-0.4, -0.2) is 36.1 Å². The summed E-state index contributed by atoms with van der Waals surface area (Å²) in [5, 5.41) is 3.37. The molecule has 0 radical (unpaired) electrons. The highest BCUT2D eigenvalue weighted by Gasteiger charge is 2.07. The van der Waals surface area contributed by atoms with Crippen molar-refractivity contribution >= 4 is 21.7 Å². The van der Waals surface area contributed by atoms with Crippen LogP contribution in [-0.2, 0) is 0 Å². The standard InChI is InChI=1S/C13H20BrN3/c14-12-5-6-13(16-11-12)15-7-10-17-8-3-1-2-4-9-17/h5-6,11H,1-4,7-10H2,(H,15,16). The fraction of sp³-hybridized carbons (Fsp3) is 0.615. The van der Waals surface area contributed by atoms with Crippen LogP contribution in [0.15, 0.2) is 22.8 Å². The van der Waals surface area contributed by atoms with Crippen LogP contribution in [0.4, 0.5) is 5.82 Å². The van der Waals surface area contributed by atoms with Gasteiger partial charge in [-0.3, -0.25) is 0 Å². The van der Waals surface area contributed by atoms with E-state index in [0.29, 0.717) is 0 Å². The zero-order chi connectivity index (χ0) is 11.9. The number of nitrogens with one attached hydrogen (secondary N) is 1. The fourth-order valence-electron chi connectivity index (χ4n) is 2.18. The molecule has 2 rings (SSSR count). The third-order valence-electron chi connectivity index (χ3n) is 3.16. The van der Waals surface area contributed by atoms with Gasteiger partial charge in [-0.2, -0.15) is 0 Å². The number of nitrogens with zero attached hydrogens (tertiary/aromatic N) is 2. The van der Waals surface area contributed by atoms with E-state index in [1.165, 1.54) is 38.8 Å². The number of hydrogen-bond donors (Lipinski definition) is 1. The van der Waals surface area contributed by atoms with Gasteiger partial charge in [0.05, 0.1) is 0 Å². The van der Waals surface area contributed by atoms with Gasteiger partial charge < -0.3 is 10.2 Å². The molecule has 94 valence electrons. The Morgan fingerprint density at radius 3 is 2.59 bits per heavy atom. The van der Waals surface area contributed by atoms with Crippen LogP contribution in [0.1, 0.15) is 25.7 Å². The largest absolute Gasteiger partial charge is 0.369 e. The second-order valence-corrected chi connectivity index (χ2v) is 5.46. The number of likely N-dealkylation sites (tertiary alicyclic amines) is 1. The molecular weight excluding hydrogens is 278 g/mol. The van der Waals surface area contributed by atoms with Crippen LogP contribution in [0.2, 0.25) is 0 Å². The van der Waals surface area contributed by atoms with Crippen LogP contribution in [0, 0.1) is 0 Å². The van der Waals surface area contributed by atoms with Crippen molar-refractivity contribution in [1.29, 1.82) is 0 Å². The molecule has 1 aliphatic rings. The highest BCUT2D eigenvalue weighted by Crippen LogP contribution is 2.11. The number of pyridine rings is 1. The first-order valence-corrected chi connectivity index (χ1v) is 7.22. The Bertz CT molecular complexity index is 318. The van der Waals surface area contributed by atoms with Crippen molar-refractivity contribution in [3.05, 3.63) is 22.8 Å². The molecule has 1 N–H and O–H groups in total. The summed E-state index contributed by atoms with van der Waals surface area (Å²) in [6.07, 6.45) is 7.34. The predicted octanol–water partition coefficient (Wildman–Crippen LogP) is 3.13. The van der Waals surface area contributed by atoms with E-state index in [4.69, 9.17) is 0 Å². The van der Waals surface area contributed by atoms with Gasteiger partial charge in [0, 0.05) is 23.8 Å².